The Morgan fingerprint density at radius 3 is 1.47 bits per heavy atom. The molecular weight excluding hydrogens is 860 g/mol. The van der Waals surface area contributed by atoms with Gasteiger partial charge in [0.25, 0.3) is 0 Å². The fourth-order valence-corrected chi connectivity index (χ4v) is 7.09. The van der Waals surface area contributed by atoms with Gasteiger partial charge in [-0.3, -0.25) is 39.5 Å². The van der Waals surface area contributed by atoms with Crippen molar-refractivity contribution in [3.05, 3.63) is 189 Å². The van der Waals surface area contributed by atoms with Gasteiger partial charge in [0, 0.05) is 71.6 Å². The Balaban J connectivity index is 0.000000147. The molecule has 10 aromatic rings. The van der Waals surface area contributed by atoms with E-state index in [-0.39, 0.29) is 38.2 Å². The zero-order chi connectivity index (χ0) is 41.8. The first-order valence-corrected chi connectivity index (χ1v) is 19.8. The van der Waals surface area contributed by atoms with Crippen molar-refractivity contribution < 1.29 is 34.2 Å². The van der Waals surface area contributed by atoms with Crippen LogP contribution in [0.2, 0.25) is 0 Å². The van der Waals surface area contributed by atoms with Gasteiger partial charge in [-0.15, -0.1) is 0 Å². The van der Waals surface area contributed by atoms with Gasteiger partial charge in [-0.2, -0.15) is 0 Å². The summed E-state index contributed by atoms with van der Waals surface area (Å²) >= 11 is 0. The largest absolute Gasteiger partial charge is 2.00 e. The number of hydrogen-bond acceptors (Lipinski definition) is 8. The average Bonchev–Trinajstić information content (AvgIpc) is 3.32. The Morgan fingerprint density at radius 2 is 0.935 bits per heavy atom. The number of nitrogens with one attached hydrogen (secondary N) is 1. The summed E-state index contributed by atoms with van der Waals surface area (Å²) in [7, 11) is 0. The van der Waals surface area contributed by atoms with Crippen molar-refractivity contribution in [3.63, 3.8) is 0 Å². The summed E-state index contributed by atoms with van der Waals surface area (Å²) in [5.41, 5.74) is 10.7. The van der Waals surface area contributed by atoms with Crippen molar-refractivity contribution in [2.45, 2.75) is 19.3 Å². The molecule has 0 aliphatic carbocycles. The van der Waals surface area contributed by atoms with Crippen LogP contribution in [0.1, 0.15) is 19.3 Å². The van der Waals surface area contributed by atoms with Gasteiger partial charge < -0.3 is 10.4 Å². The molecule has 0 saturated carbocycles. The molecule has 62 heavy (non-hydrogen) atoms. The molecule has 1 amide bonds. The minimum Gasteiger partial charge on any atom is -0.481 e. The number of carboxylic acids is 1. The second-order valence-electron chi connectivity index (χ2n) is 13.9. The summed E-state index contributed by atoms with van der Waals surface area (Å²) in [6.07, 6.45) is 11.1. The van der Waals surface area contributed by atoms with E-state index in [0.717, 1.165) is 55.0 Å². The summed E-state index contributed by atoms with van der Waals surface area (Å²) < 4.78 is 0. The molecule has 0 radical (unpaired) electrons. The van der Waals surface area contributed by atoms with Gasteiger partial charge in [-0.25, -0.2) is 0 Å². The summed E-state index contributed by atoms with van der Waals surface area (Å²) in [6, 6.07) is 50.2. The summed E-state index contributed by atoms with van der Waals surface area (Å²) in [5, 5.41) is 15.4. The fraction of sp³-hybridized carbons (Fsp3) is 0.0588. The Labute approximate surface area is 370 Å². The number of nitrogens with zero attached hydrogens (tertiary/aromatic N) is 6. The van der Waals surface area contributed by atoms with Gasteiger partial charge in [0.2, 0.25) is 5.91 Å². The van der Waals surface area contributed by atoms with Gasteiger partial charge >= 0.3 is 25.4 Å². The van der Waals surface area contributed by atoms with Crippen molar-refractivity contribution in [2.24, 2.45) is 0 Å². The zero-order valence-corrected chi connectivity index (χ0v) is 35.1. The van der Waals surface area contributed by atoms with Crippen molar-refractivity contribution in [1.29, 1.82) is 0 Å². The zero-order valence-electron chi connectivity index (χ0n) is 33.3. The van der Waals surface area contributed by atoms with Crippen LogP contribution in [0.5, 0.6) is 0 Å². The third-order valence-electron chi connectivity index (χ3n) is 9.91. The number of pyridine rings is 6. The number of hydrogen-bond donors (Lipinski definition) is 2. The molecule has 0 spiro atoms. The van der Waals surface area contributed by atoms with Crippen molar-refractivity contribution in [2.75, 3.05) is 5.32 Å². The standard InChI is InChI=1S/C24H16N2.C17H15N3O3.C10H8N2.Ru/c1-3-7-17(8-4-1)19-13-15-25-23-21(19)11-12-22-20(14-16-26-24(22)23)18-9-5-2-6-10-18;21-14(6-1-7-15(22)23)20-13-10-11-4-2-8-18-16(11)17-12(13)5-3-9-19-17;1-3-7-11-9(5-1)10-6-2-4-8-12-10;/h1-16H;2-5,8-10H,1,6-7H2,(H,20,21)(H,22,23);1-8H;/q;;;+2. The molecule has 6 heterocycles. The monoisotopic (exact) mass is 899 g/mol. The fourth-order valence-electron chi connectivity index (χ4n) is 7.09. The number of rotatable bonds is 8. The van der Waals surface area contributed by atoms with E-state index in [1.54, 1.807) is 30.9 Å². The Bertz CT molecular complexity index is 2950. The summed E-state index contributed by atoms with van der Waals surface area (Å²) in [5.74, 6) is -1.11. The predicted molar refractivity (Wildman–Crippen MR) is 243 cm³/mol. The molecule has 0 atom stereocenters. The minimum absolute atomic E-state index is 0. The normalized spacial score (nSPS) is 10.5. The average molecular weight is 899 g/mol. The number of anilines is 1. The van der Waals surface area contributed by atoms with Crippen LogP contribution in [-0.2, 0) is 29.1 Å². The molecule has 0 bridgehead atoms. The van der Waals surface area contributed by atoms with Crippen molar-refractivity contribution in [3.8, 4) is 33.6 Å². The van der Waals surface area contributed by atoms with Crippen LogP contribution in [-0.4, -0.2) is 46.9 Å². The molecule has 11 heteroatoms. The molecule has 6 aromatic heterocycles. The molecule has 10 rings (SSSR count). The van der Waals surface area contributed by atoms with E-state index in [1.165, 1.54) is 22.3 Å². The Hall–Kier alpha value is -7.62. The first-order chi connectivity index (χ1) is 30.0. The van der Waals surface area contributed by atoms with E-state index in [4.69, 9.17) is 5.11 Å². The third-order valence-corrected chi connectivity index (χ3v) is 9.91. The van der Waals surface area contributed by atoms with Gasteiger partial charge in [0.15, 0.2) is 0 Å². The van der Waals surface area contributed by atoms with E-state index in [2.05, 4.69) is 108 Å². The van der Waals surface area contributed by atoms with Crippen LogP contribution >= 0.6 is 0 Å². The molecule has 0 aliphatic rings. The Morgan fingerprint density at radius 1 is 0.452 bits per heavy atom. The summed E-state index contributed by atoms with van der Waals surface area (Å²) in [4.78, 5) is 49.0. The first-order valence-electron chi connectivity index (χ1n) is 19.8. The second kappa shape index (κ2) is 20.6. The molecule has 10 nitrogen and oxygen atoms in total. The van der Waals surface area contributed by atoms with E-state index in [0.29, 0.717) is 12.1 Å². The van der Waals surface area contributed by atoms with Crippen LogP contribution in [0.15, 0.2) is 189 Å². The quantitative estimate of drug-likeness (QED) is 0.112. The second-order valence-corrected chi connectivity index (χ2v) is 13.9. The van der Waals surface area contributed by atoms with Crippen LogP contribution in [0.4, 0.5) is 5.69 Å². The smallest absolute Gasteiger partial charge is 0.481 e. The SMILES string of the molecule is O=C(O)CCCC(=O)Nc1cc2cccnc2c2ncccc12.[Ru+2].c1ccc(-c2ccccn2)nc1.c1ccc(-c2ccnc3c2ccc2c(-c4ccccc4)ccnc23)cc1. The van der Waals surface area contributed by atoms with Gasteiger partial charge in [-0.05, 0) is 89.3 Å². The molecule has 2 N–H and O–H groups in total. The number of aliphatic carboxylic acids is 1. The maximum absolute atomic E-state index is 12.0. The molecule has 0 fully saturated rings. The molecule has 0 unspecified atom stereocenters. The van der Waals surface area contributed by atoms with Crippen molar-refractivity contribution >= 4 is 61.2 Å². The van der Waals surface area contributed by atoms with Crippen LogP contribution < -0.4 is 5.32 Å². The number of carbonyl (C=O) groups is 2. The van der Waals surface area contributed by atoms with Gasteiger partial charge in [0.1, 0.15) is 0 Å². The van der Waals surface area contributed by atoms with Crippen LogP contribution in [0, 0.1) is 0 Å². The van der Waals surface area contributed by atoms with E-state index in [9.17, 15) is 9.59 Å². The number of fused-ring (bicyclic) bond motifs is 6. The summed E-state index contributed by atoms with van der Waals surface area (Å²) in [6.45, 7) is 0. The van der Waals surface area contributed by atoms with Gasteiger partial charge in [-0.1, -0.05) is 91.0 Å². The van der Waals surface area contributed by atoms with Gasteiger partial charge in [0.05, 0.1) is 39.1 Å². The molecular formula is C51H39N7O3Ru+2. The maximum atomic E-state index is 12.0. The first kappa shape index (κ1) is 42.5. The molecule has 0 saturated heterocycles. The maximum Gasteiger partial charge on any atom is 2.00 e. The number of amides is 1. The minimum atomic E-state index is -0.899. The molecule has 302 valence electrons. The van der Waals surface area contributed by atoms with Crippen molar-refractivity contribution in [1.82, 2.24) is 29.9 Å². The number of carbonyl (C=O) groups excluding carboxylic acids is 1. The van der Waals surface area contributed by atoms with E-state index < -0.39 is 5.97 Å². The molecule has 0 aliphatic heterocycles. The number of carboxylic acid groups (broad SMARTS) is 1. The van der Waals surface area contributed by atoms with E-state index >= 15 is 0 Å². The topological polar surface area (TPSA) is 144 Å². The molecule has 4 aromatic carbocycles. The van der Waals surface area contributed by atoms with E-state index in [1.807, 2.05) is 85.2 Å². The third kappa shape index (κ3) is 10.0. The number of benzene rings is 4. The predicted octanol–water partition coefficient (Wildman–Crippen LogP) is 11.2. The van der Waals surface area contributed by atoms with Crippen LogP contribution in [0.25, 0.3) is 77.3 Å². The number of aromatic nitrogens is 6. The Kier molecular flexibility index (Phi) is 14.1. The van der Waals surface area contributed by atoms with Crippen LogP contribution in [0.3, 0.4) is 0 Å².